The average molecular weight is 101 g/mol. The third-order valence-electron chi connectivity index (χ3n) is 1.31. The number of rotatable bonds is 1. The Kier molecular flexibility index (Phi) is 1.09. The zero-order chi connectivity index (χ0) is 5.28. The van der Waals surface area contributed by atoms with Gasteiger partial charge in [-0.15, -0.1) is 0 Å². The van der Waals surface area contributed by atoms with Gasteiger partial charge in [-0.25, -0.2) is 4.39 Å². The Labute approximate surface area is 42.3 Å². The van der Waals surface area contributed by atoms with Crippen molar-refractivity contribution in [1.82, 2.24) is 0 Å². The molecule has 0 aromatic heterocycles. The van der Waals surface area contributed by atoms with Crippen LogP contribution in [0.5, 0.6) is 0 Å². The monoisotopic (exact) mass is 101 g/mol. The van der Waals surface area contributed by atoms with Gasteiger partial charge in [0.1, 0.15) is 6.17 Å². The second-order valence-corrected chi connectivity index (χ2v) is 1.91. The molecule has 7 heavy (non-hydrogen) atoms. The van der Waals surface area contributed by atoms with Crippen molar-refractivity contribution in [3.05, 3.63) is 0 Å². The maximum Gasteiger partial charge on any atom is 0.104 e. The summed E-state index contributed by atoms with van der Waals surface area (Å²) in [6.45, 7) is 3.30. The first-order valence-electron chi connectivity index (χ1n) is 2.43. The first-order chi connectivity index (χ1) is 3.33. The molecule has 0 bridgehead atoms. The molecular formula is C5H8FN. The normalized spacial score (nSPS) is 39.6. The number of hydrogen-bond acceptors (Lipinski definition) is 1. The molecule has 0 atom stereocenters. The van der Waals surface area contributed by atoms with E-state index in [1.54, 1.807) is 0 Å². The Morgan fingerprint density at radius 3 is 2.29 bits per heavy atom. The van der Waals surface area contributed by atoms with E-state index in [0.29, 0.717) is 12.8 Å². The summed E-state index contributed by atoms with van der Waals surface area (Å²) >= 11 is 0. The van der Waals surface area contributed by atoms with Gasteiger partial charge in [0.05, 0.1) is 6.04 Å². The summed E-state index contributed by atoms with van der Waals surface area (Å²) in [5, 5.41) is 0. The van der Waals surface area contributed by atoms with Gasteiger partial charge in [0.25, 0.3) is 0 Å². The van der Waals surface area contributed by atoms with Crippen LogP contribution in [0.25, 0.3) is 0 Å². The third kappa shape index (κ3) is 0.787. The van der Waals surface area contributed by atoms with Gasteiger partial charge in [0.2, 0.25) is 0 Å². The van der Waals surface area contributed by atoms with E-state index in [2.05, 4.69) is 11.7 Å². The average Bonchev–Trinajstić information content (AvgIpc) is 1.58. The molecule has 0 amide bonds. The zero-order valence-electron chi connectivity index (χ0n) is 4.10. The van der Waals surface area contributed by atoms with Crippen LogP contribution in [0.15, 0.2) is 4.99 Å². The molecule has 0 saturated heterocycles. The predicted octanol–water partition coefficient (Wildman–Crippen LogP) is 1.19. The second kappa shape index (κ2) is 1.60. The molecule has 0 unspecified atom stereocenters. The van der Waals surface area contributed by atoms with E-state index >= 15 is 0 Å². The summed E-state index contributed by atoms with van der Waals surface area (Å²) < 4.78 is 11.9. The SMILES string of the molecule is C=NC1CC(F)C1. The van der Waals surface area contributed by atoms with Gasteiger partial charge in [0, 0.05) is 12.8 Å². The van der Waals surface area contributed by atoms with Crippen molar-refractivity contribution < 1.29 is 4.39 Å². The van der Waals surface area contributed by atoms with Crippen LogP contribution in [-0.4, -0.2) is 18.9 Å². The third-order valence-corrected chi connectivity index (χ3v) is 1.31. The smallest absolute Gasteiger partial charge is 0.104 e. The predicted molar refractivity (Wildman–Crippen MR) is 27.5 cm³/mol. The van der Waals surface area contributed by atoms with Crippen molar-refractivity contribution in [3.8, 4) is 0 Å². The Hall–Kier alpha value is -0.400. The number of halogens is 1. The van der Waals surface area contributed by atoms with Gasteiger partial charge < -0.3 is 0 Å². The number of alkyl halides is 1. The highest BCUT2D eigenvalue weighted by Gasteiger charge is 2.26. The molecule has 1 aliphatic rings. The summed E-state index contributed by atoms with van der Waals surface area (Å²) in [6.07, 6.45) is 0.614. The summed E-state index contributed by atoms with van der Waals surface area (Å²) in [5.41, 5.74) is 0. The lowest BCUT2D eigenvalue weighted by Gasteiger charge is -2.24. The Morgan fingerprint density at radius 2 is 2.14 bits per heavy atom. The number of aliphatic imine (C=N–C) groups is 1. The van der Waals surface area contributed by atoms with E-state index in [4.69, 9.17) is 0 Å². The molecule has 40 valence electrons. The van der Waals surface area contributed by atoms with Crippen molar-refractivity contribution in [2.75, 3.05) is 0 Å². The lowest BCUT2D eigenvalue weighted by molar-refractivity contribution is 0.183. The molecule has 1 aliphatic carbocycles. The quantitative estimate of drug-likeness (QED) is 0.440. The van der Waals surface area contributed by atoms with Crippen LogP contribution >= 0.6 is 0 Å². The Balaban J connectivity index is 2.17. The lowest BCUT2D eigenvalue weighted by Crippen LogP contribution is -2.27. The maximum absolute atomic E-state index is 11.9. The molecule has 0 aromatic carbocycles. The first-order valence-corrected chi connectivity index (χ1v) is 2.43. The Bertz CT molecular complexity index is 76.1. The molecule has 0 aliphatic heterocycles. The fourth-order valence-electron chi connectivity index (χ4n) is 0.670. The molecule has 0 N–H and O–H groups in total. The van der Waals surface area contributed by atoms with Crippen LogP contribution < -0.4 is 0 Å². The van der Waals surface area contributed by atoms with Crippen LogP contribution in [0.4, 0.5) is 4.39 Å². The molecule has 0 heterocycles. The van der Waals surface area contributed by atoms with E-state index in [-0.39, 0.29) is 6.04 Å². The van der Waals surface area contributed by atoms with Crippen molar-refractivity contribution in [3.63, 3.8) is 0 Å². The fourth-order valence-corrected chi connectivity index (χ4v) is 0.670. The lowest BCUT2D eigenvalue weighted by atomic mass is 9.92. The largest absolute Gasteiger partial charge is 0.297 e. The summed E-state index contributed by atoms with van der Waals surface area (Å²) in [7, 11) is 0. The second-order valence-electron chi connectivity index (χ2n) is 1.91. The Morgan fingerprint density at radius 1 is 1.57 bits per heavy atom. The number of nitrogens with zero attached hydrogens (tertiary/aromatic N) is 1. The molecule has 1 saturated carbocycles. The molecule has 1 nitrogen and oxygen atoms in total. The van der Waals surface area contributed by atoms with Gasteiger partial charge in [-0.2, -0.15) is 0 Å². The minimum Gasteiger partial charge on any atom is -0.297 e. The van der Waals surface area contributed by atoms with Crippen LogP contribution in [-0.2, 0) is 0 Å². The van der Waals surface area contributed by atoms with E-state index in [0.717, 1.165) is 0 Å². The molecule has 0 spiro atoms. The van der Waals surface area contributed by atoms with E-state index in [1.165, 1.54) is 0 Å². The topological polar surface area (TPSA) is 12.4 Å². The van der Waals surface area contributed by atoms with Crippen LogP contribution in [0, 0.1) is 0 Å². The first kappa shape index (κ1) is 4.75. The molecule has 0 radical (unpaired) electrons. The summed E-state index contributed by atoms with van der Waals surface area (Å²) in [5.74, 6) is 0. The molecule has 1 fully saturated rings. The van der Waals surface area contributed by atoms with Gasteiger partial charge in [-0.1, -0.05) is 0 Å². The fraction of sp³-hybridized carbons (Fsp3) is 0.800. The highest BCUT2D eigenvalue weighted by atomic mass is 19.1. The minimum atomic E-state index is -0.588. The van der Waals surface area contributed by atoms with Gasteiger partial charge >= 0.3 is 0 Å². The highest BCUT2D eigenvalue weighted by Crippen LogP contribution is 2.25. The minimum absolute atomic E-state index is 0.231. The standard InChI is InChI=1S/C5H8FN/c1-7-5-2-4(6)3-5/h4-5H,1-3H2. The van der Waals surface area contributed by atoms with Gasteiger partial charge in [-0.3, -0.25) is 4.99 Å². The van der Waals surface area contributed by atoms with E-state index < -0.39 is 6.17 Å². The van der Waals surface area contributed by atoms with Gasteiger partial charge in [-0.05, 0) is 6.72 Å². The molecule has 0 aromatic rings. The summed E-state index contributed by atoms with van der Waals surface area (Å²) in [4.78, 5) is 3.65. The molecular weight excluding hydrogens is 93.1 g/mol. The molecule has 1 rings (SSSR count). The van der Waals surface area contributed by atoms with E-state index in [1.807, 2.05) is 0 Å². The maximum atomic E-state index is 11.9. The zero-order valence-corrected chi connectivity index (χ0v) is 4.10. The van der Waals surface area contributed by atoms with Crippen LogP contribution in [0.1, 0.15) is 12.8 Å². The number of hydrogen-bond donors (Lipinski definition) is 0. The van der Waals surface area contributed by atoms with Crippen LogP contribution in [0.3, 0.4) is 0 Å². The van der Waals surface area contributed by atoms with Gasteiger partial charge in [0.15, 0.2) is 0 Å². The van der Waals surface area contributed by atoms with Crippen molar-refractivity contribution >= 4 is 6.72 Å². The van der Waals surface area contributed by atoms with E-state index in [9.17, 15) is 4.39 Å². The van der Waals surface area contributed by atoms with Crippen molar-refractivity contribution in [2.24, 2.45) is 4.99 Å². The molecule has 2 heteroatoms. The van der Waals surface area contributed by atoms with Crippen molar-refractivity contribution in [1.29, 1.82) is 0 Å². The summed E-state index contributed by atoms with van der Waals surface area (Å²) in [6, 6.07) is 0.231. The van der Waals surface area contributed by atoms with Crippen molar-refractivity contribution in [2.45, 2.75) is 25.1 Å². The highest BCUT2D eigenvalue weighted by molar-refractivity contribution is 5.24. The van der Waals surface area contributed by atoms with Crippen LogP contribution in [0.2, 0.25) is 0 Å².